The van der Waals surface area contributed by atoms with Crippen LogP contribution >= 0.6 is 0 Å². The van der Waals surface area contributed by atoms with Crippen molar-refractivity contribution in [3.8, 4) is 5.75 Å². The highest BCUT2D eigenvalue weighted by Gasteiger charge is 2.24. The monoisotopic (exact) mass is 291 g/mol. The number of benzene rings is 1. The van der Waals surface area contributed by atoms with Crippen molar-refractivity contribution in [2.45, 2.75) is 20.3 Å². The number of amides is 1. The molecular weight excluding hydrogens is 266 g/mol. The lowest BCUT2D eigenvalue weighted by Gasteiger charge is -2.34. The van der Waals surface area contributed by atoms with Gasteiger partial charge in [-0.3, -0.25) is 9.69 Å². The van der Waals surface area contributed by atoms with E-state index in [4.69, 9.17) is 10.5 Å². The van der Waals surface area contributed by atoms with Gasteiger partial charge in [0.2, 0.25) is 5.91 Å². The fourth-order valence-corrected chi connectivity index (χ4v) is 2.70. The predicted molar refractivity (Wildman–Crippen MR) is 85.4 cm³/mol. The van der Waals surface area contributed by atoms with Crippen molar-refractivity contribution in [3.05, 3.63) is 18.2 Å². The molecule has 2 rings (SSSR count). The molecule has 1 aromatic carbocycles. The van der Waals surface area contributed by atoms with Crippen LogP contribution in [0.1, 0.15) is 20.3 Å². The summed E-state index contributed by atoms with van der Waals surface area (Å²) in [6.45, 7) is 6.91. The predicted octanol–water partition coefficient (Wildman–Crippen LogP) is 2.19. The van der Waals surface area contributed by atoms with Gasteiger partial charge in [-0.15, -0.1) is 0 Å². The van der Waals surface area contributed by atoms with Gasteiger partial charge in [0, 0.05) is 18.3 Å². The molecule has 0 bridgehead atoms. The van der Waals surface area contributed by atoms with Gasteiger partial charge in [-0.05, 0) is 36.9 Å². The van der Waals surface area contributed by atoms with Gasteiger partial charge in [0.1, 0.15) is 5.75 Å². The van der Waals surface area contributed by atoms with Gasteiger partial charge in [-0.25, -0.2) is 0 Å². The molecule has 5 heteroatoms. The van der Waals surface area contributed by atoms with Crippen LogP contribution in [0, 0.1) is 11.8 Å². The minimum atomic E-state index is -0.0141. The third kappa shape index (κ3) is 4.11. The van der Waals surface area contributed by atoms with Crippen molar-refractivity contribution < 1.29 is 9.53 Å². The summed E-state index contributed by atoms with van der Waals surface area (Å²) in [5, 5.41) is 2.90. The Bertz CT molecular complexity index is 504. The minimum absolute atomic E-state index is 0.0141. The van der Waals surface area contributed by atoms with Crippen LogP contribution in [0.3, 0.4) is 0 Å². The number of piperidine rings is 1. The molecule has 1 fully saturated rings. The van der Waals surface area contributed by atoms with Crippen molar-refractivity contribution in [1.29, 1.82) is 0 Å². The Hall–Kier alpha value is -1.75. The van der Waals surface area contributed by atoms with Gasteiger partial charge >= 0.3 is 0 Å². The van der Waals surface area contributed by atoms with Crippen LogP contribution in [0.4, 0.5) is 11.4 Å². The van der Waals surface area contributed by atoms with Crippen molar-refractivity contribution >= 4 is 17.3 Å². The first-order chi connectivity index (χ1) is 9.99. The van der Waals surface area contributed by atoms with E-state index in [1.807, 2.05) is 0 Å². The third-order valence-electron chi connectivity index (χ3n) is 4.29. The fraction of sp³-hybridized carbons (Fsp3) is 0.562. The van der Waals surface area contributed by atoms with E-state index >= 15 is 0 Å². The minimum Gasteiger partial charge on any atom is -0.494 e. The molecule has 1 saturated heterocycles. The number of ether oxygens (including phenoxy) is 1. The number of nitrogens with two attached hydrogens (primary N) is 1. The lowest BCUT2D eigenvalue weighted by Crippen LogP contribution is -2.42. The number of carbonyl (C=O) groups is 1. The van der Waals surface area contributed by atoms with Crippen LogP contribution in [0.2, 0.25) is 0 Å². The second-order valence-electron chi connectivity index (χ2n) is 5.99. The van der Waals surface area contributed by atoms with E-state index in [0.29, 0.717) is 29.6 Å². The van der Waals surface area contributed by atoms with Crippen molar-refractivity contribution in [2.24, 2.45) is 11.8 Å². The third-order valence-corrected chi connectivity index (χ3v) is 4.29. The van der Waals surface area contributed by atoms with Crippen LogP contribution in [0.5, 0.6) is 5.75 Å². The number of likely N-dealkylation sites (tertiary alicyclic amines) is 1. The number of nitrogen functional groups attached to an aromatic ring is 1. The average molecular weight is 291 g/mol. The summed E-state index contributed by atoms with van der Waals surface area (Å²) in [5.74, 6) is 1.95. The molecule has 0 radical (unpaired) electrons. The number of carbonyl (C=O) groups excluding carboxylic acids is 1. The van der Waals surface area contributed by atoms with Gasteiger partial charge in [-0.2, -0.15) is 0 Å². The Morgan fingerprint density at radius 1 is 1.43 bits per heavy atom. The zero-order chi connectivity index (χ0) is 15.4. The highest BCUT2D eigenvalue weighted by Crippen LogP contribution is 2.27. The molecule has 2 unspecified atom stereocenters. The Balaban J connectivity index is 1.93. The van der Waals surface area contributed by atoms with Gasteiger partial charge < -0.3 is 15.8 Å². The molecule has 1 aromatic rings. The summed E-state index contributed by atoms with van der Waals surface area (Å²) in [6, 6.07) is 5.23. The van der Waals surface area contributed by atoms with Gasteiger partial charge in [0.25, 0.3) is 0 Å². The van der Waals surface area contributed by atoms with Crippen LogP contribution in [0.15, 0.2) is 18.2 Å². The maximum Gasteiger partial charge on any atom is 0.238 e. The lowest BCUT2D eigenvalue weighted by atomic mass is 9.89. The van der Waals surface area contributed by atoms with E-state index in [2.05, 4.69) is 24.1 Å². The summed E-state index contributed by atoms with van der Waals surface area (Å²) >= 11 is 0. The summed E-state index contributed by atoms with van der Waals surface area (Å²) in [5.41, 5.74) is 6.99. The van der Waals surface area contributed by atoms with E-state index in [-0.39, 0.29) is 5.91 Å². The number of nitrogens with zero attached hydrogens (tertiary/aromatic N) is 1. The van der Waals surface area contributed by atoms with Gasteiger partial charge in [-0.1, -0.05) is 13.8 Å². The molecule has 1 aliphatic heterocycles. The highest BCUT2D eigenvalue weighted by atomic mass is 16.5. The molecule has 1 amide bonds. The number of hydrogen-bond donors (Lipinski definition) is 2. The molecule has 116 valence electrons. The first-order valence-corrected chi connectivity index (χ1v) is 7.45. The van der Waals surface area contributed by atoms with Crippen LogP contribution in [-0.2, 0) is 4.79 Å². The first kappa shape index (κ1) is 15.6. The van der Waals surface area contributed by atoms with Crippen molar-refractivity contribution in [3.63, 3.8) is 0 Å². The Morgan fingerprint density at radius 2 is 2.19 bits per heavy atom. The summed E-state index contributed by atoms with van der Waals surface area (Å²) < 4.78 is 5.24. The Kier molecular flexibility index (Phi) is 5.07. The smallest absolute Gasteiger partial charge is 0.238 e. The molecule has 5 nitrogen and oxygen atoms in total. The van der Waals surface area contributed by atoms with Gasteiger partial charge in [0.15, 0.2) is 0 Å². The Labute approximate surface area is 126 Å². The number of methoxy groups -OCH3 is 1. The molecule has 3 N–H and O–H groups in total. The summed E-state index contributed by atoms with van der Waals surface area (Å²) in [6.07, 6.45) is 1.15. The first-order valence-electron chi connectivity index (χ1n) is 7.45. The SMILES string of the molecule is COc1cc(N)ccc1NC(=O)CN1CCC(C)C(C)C1. The topological polar surface area (TPSA) is 67.6 Å². The van der Waals surface area contributed by atoms with E-state index in [0.717, 1.165) is 25.4 Å². The van der Waals surface area contributed by atoms with Crippen molar-refractivity contribution in [2.75, 3.05) is 37.8 Å². The maximum absolute atomic E-state index is 12.2. The quantitative estimate of drug-likeness (QED) is 0.835. The number of rotatable bonds is 4. The fourth-order valence-electron chi connectivity index (χ4n) is 2.70. The maximum atomic E-state index is 12.2. The van der Waals surface area contributed by atoms with E-state index < -0.39 is 0 Å². The molecule has 1 heterocycles. The van der Waals surface area contributed by atoms with Crippen molar-refractivity contribution in [1.82, 2.24) is 4.90 Å². The molecule has 1 aliphatic rings. The zero-order valence-electron chi connectivity index (χ0n) is 13.1. The molecule has 21 heavy (non-hydrogen) atoms. The lowest BCUT2D eigenvalue weighted by molar-refractivity contribution is -0.117. The van der Waals surface area contributed by atoms with Crippen LogP contribution in [0.25, 0.3) is 0 Å². The summed E-state index contributed by atoms with van der Waals surface area (Å²) in [7, 11) is 1.57. The van der Waals surface area contributed by atoms with Gasteiger partial charge in [0.05, 0.1) is 19.3 Å². The highest BCUT2D eigenvalue weighted by molar-refractivity contribution is 5.94. The zero-order valence-corrected chi connectivity index (χ0v) is 13.1. The standard InChI is InChI=1S/C16H25N3O2/c1-11-6-7-19(9-12(11)2)10-16(20)18-14-5-4-13(17)8-15(14)21-3/h4-5,8,11-12H,6-7,9-10,17H2,1-3H3,(H,18,20). The van der Waals surface area contributed by atoms with E-state index in [9.17, 15) is 4.79 Å². The van der Waals surface area contributed by atoms with Crippen LogP contribution in [-0.4, -0.2) is 37.6 Å². The summed E-state index contributed by atoms with van der Waals surface area (Å²) in [4.78, 5) is 14.4. The second kappa shape index (κ2) is 6.80. The normalized spacial score (nSPS) is 22.8. The van der Waals surface area contributed by atoms with E-state index in [1.165, 1.54) is 0 Å². The molecule has 0 aliphatic carbocycles. The molecule has 0 saturated carbocycles. The molecule has 0 spiro atoms. The number of hydrogen-bond acceptors (Lipinski definition) is 4. The van der Waals surface area contributed by atoms with E-state index in [1.54, 1.807) is 25.3 Å². The number of anilines is 2. The largest absolute Gasteiger partial charge is 0.494 e. The molecular formula is C16H25N3O2. The van der Waals surface area contributed by atoms with Crippen LogP contribution < -0.4 is 15.8 Å². The number of nitrogens with one attached hydrogen (secondary N) is 1. The molecule has 2 atom stereocenters. The second-order valence-corrected chi connectivity index (χ2v) is 5.99. The molecule has 0 aromatic heterocycles. The average Bonchev–Trinajstić information content (AvgIpc) is 2.44. The Morgan fingerprint density at radius 3 is 2.86 bits per heavy atom.